The summed E-state index contributed by atoms with van der Waals surface area (Å²) in [6.45, 7) is 4.60. The van der Waals surface area contributed by atoms with E-state index >= 15 is 0 Å². The molecule has 1 aliphatic carbocycles. The fourth-order valence-electron chi connectivity index (χ4n) is 3.43. The normalized spacial score (nSPS) is 16.7. The van der Waals surface area contributed by atoms with Crippen LogP contribution in [0.3, 0.4) is 0 Å². The number of allylic oxidation sites excluding steroid dienone is 1. The average molecular weight is 446 g/mol. The number of hydrogen-bond acceptors (Lipinski definition) is 5. The molecule has 30 heavy (non-hydrogen) atoms. The van der Waals surface area contributed by atoms with E-state index in [1.807, 2.05) is 19.9 Å². The van der Waals surface area contributed by atoms with Gasteiger partial charge in [0.05, 0.1) is 28.9 Å². The first-order valence-electron chi connectivity index (χ1n) is 10.1. The second-order valence-corrected chi connectivity index (χ2v) is 7.10. The van der Waals surface area contributed by atoms with Crippen LogP contribution in [0.25, 0.3) is 0 Å². The van der Waals surface area contributed by atoms with Gasteiger partial charge in [-0.05, 0) is 42.9 Å². The van der Waals surface area contributed by atoms with E-state index in [2.05, 4.69) is 10.4 Å². The summed E-state index contributed by atoms with van der Waals surface area (Å²) in [6, 6.07) is 0. The summed E-state index contributed by atoms with van der Waals surface area (Å²) in [5, 5.41) is 1.79. The Morgan fingerprint density at radius 1 is 1.27 bits per heavy atom. The first-order valence-corrected chi connectivity index (χ1v) is 10.5. The van der Waals surface area contributed by atoms with Gasteiger partial charge < -0.3 is 9.75 Å². The Kier molecular flexibility index (Phi) is 9.17. The SMILES string of the molecule is CC.O=Cc1c(Cl)cncc1OCC1=C(C2=CCNN2CCC(F)(F)F)CCCC1. The standard InChI is InChI=1S/C19H21ClF3N3O2.C2H6/c20-16-9-24-10-18(15(16)11-27)28-12-13-3-1-2-4-14(13)17-5-7-25-26(17)8-6-19(21,22)23;1-2/h5,9-11,25H,1-4,6-8,12H2;1-2H3. The third kappa shape index (κ3) is 6.47. The van der Waals surface area contributed by atoms with Gasteiger partial charge in [0.15, 0.2) is 6.29 Å². The Hall–Kier alpha value is -2.06. The number of halogens is 4. The number of ether oxygens (including phenoxy) is 1. The van der Waals surface area contributed by atoms with Crippen LogP contribution in [-0.2, 0) is 0 Å². The third-order valence-corrected chi connectivity index (χ3v) is 5.10. The molecule has 166 valence electrons. The van der Waals surface area contributed by atoms with E-state index < -0.39 is 12.6 Å². The van der Waals surface area contributed by atoms with E-state index in [-0.39, 0.29) is 23.7 Å². The number of carbonyl (C=O) groups is 1. The molecule has 0 radical (unpaired) electrons. The molecule has 5 nitrogen and oxygen atoms in total. The predicted molar refractivity (Wildman–Crippen MR) is 110 cm³/mol. The van der Waals surface area contributed by atoms with Crippen molar-refractivity contribution < 1.29 is 22.7 Å². The molecule has 3 rings (SSSR count). The minimum absolute atomic E-state index is 0.138. The summed E-state index contributed by atoms with van der Waals surface area (Å²) in [7, 11) is 0. The van der Waals surface area contributed by atoms with Crippen molar-refractivity contribution in [2.45, 2.75) is 52.1 Å². The number of carbonyl (C=O) groups excluding carboxylic acids is 1. The van der Waals surface area contributed by atoms with Gasteiger partial charge in [0.2, 0.25) is 0 Å². The van der Waals surface area contributed by atoms with Gasteiger partial charge in [-0.2, -0.15) is 13.2 Å². The lowest BCUT2D eigenvalue weighted by atomic mass is 9.90. The lowest BCUT2D eigenvalue weighted by Gasteiger charge is -2.29. The first kappa shape index (κ1) is 24.2. The highest BCUT2D eigenvalue weighted by molar-refractivity contribution is 6.33. The maximum Gasteiger partial charge on any atom is 0.390 e. The van der Waals surface area contributed by atoms with Crippen molar-refractivity contribution in [3.63, 3.8) is 0 Å². The van der Waals surface area contributed by atoms with Crippen molar-refractivity contribution in [2.75, 3.05) is 19.7 Å². The quantitative estimate of drug-likeness (QED) is 0.563. The van der Waals surface area contributed by atoms with Gasteiger partial charge in [-0.15, -0.1) is 0 Å². The van der Waals surface area contributed by atoms with Gasteiger partial charge in [0, 0.05) is 19.3 Å². The molecule has 2 aliphatic rings. The molecule has 0 unspecified atom stereocenters. The van der Waals surface area contributed by atoms with Crippen LogP contribution >= 0.6 is 11.6 Å². The van der Waals surface area contributed by atoms with Crippen molar-refractivity contribution in [1.82, 2.24) is 15.4 Å². The summed E-state index contributed by atoms with van der Waals surface area (Å²) in [6.07, 6.45) is 3.79. The summed E-state index contributed by atoms with van der Waals surface area (Å²) >= 11 is 5.97. The van der Waals surface area contributed by atoms with Gasteiger partial charge >= 0.3 is 6.18 Å². The topological polar surface area (TPSA) is 54.5 Å². The van der Waals surface area contributed by atoms with Gasteiger partial charge in [0.1, 0.15) is 12.4 Å². The number of pyridine rings is 1. The van der Waals surface area contributed by atoms with Crippen molar-refractivity contribution in [2.24, 2.45) is 0 Å². The molecule has 0 saturated heterocycles. The van der Waals surface area contributed by atoms with Crippen molar-refractivity contribution in [3.8, 4) is 5.75 Å². The number of aromatic nitrogens is 1. The first-order chi connectivity index (χ1) is 14.4. The number of aldehydes is 1. The lowest BCUT2D eigenvalue weighted by molar-refractivity contribution is -0.137. The maximum atomic E-state index is 12.6. The zero-order chi connectivity index (χ0) is 22.1. The van der Waals surface area contributed by atoms with Crippen LogP contribution in [0.5, 0.6) is 5.75 Å². The lowest BCUT2D eigenvalue weighted by Crippen LogP contribution is -2.36. The number of hydrazine groups is 1. The van der Waals surface area contributed by atoms with Crippen molar-refractivity contribution >= 4 is 17.9 Å². The minimum Gasteiger partial charge on any atom is -0.487 e. The number of hydrogen-bond donors (Lipinski definition) is 1. The summed E-state index contributed by atoms with van der Waals surface area (Å²) in [5.41, 5.74) is 6.06. The second kappa shape index (κ2) is 11.4. The van der Waals surface area contributed by atoms with Gasteiger partial charge in [-0.3, -0.25) is 9.78 Å². The molecule has 0 fully saturated rings. The van der Waals surface area contributed by atoms with Gasteiger partial charge in [-0.1, -0.05) is 25.4 Å². The molecule has 1 aliphatic heterocycles. The number of rotatable bonds is 7. The fraction of sp³-hybridized carbons (Fsp3) is 0.524. The second-order valence-electron chi connectivity index (χ2n) is 6.70. The molecular formula is C21H27ClF3N3O2. The summed E-state index contributed by atoms with van der Waals surface area (Å²) in [5.74, 6) is 0.298. The zero-order valence-corrected chi connectivity index (χ0v) is 17.9. The molecular weight excluding hydrogens is 419 g/mol. The van der Waals surface area contributed by atoms with Crippen LogP contribution in [0.15, 0.2) is 35.3 Å². The highest BCUT2D eigenvalue weighted by atomic mass is 35.5. The van der Waals surface area contributed by atoms with E-state index in [1.54, 1.807) is 5.01 Å². The summed E-state index contributed by atoms with van der Waals surface area (Å²) < 4.78 is 43.7. The Labute approximate surface area is 179 Å². The highest BCUT2D eigenvalue weighted by Gasteiger charge is 2.30. The van der Waals surface area contributed by atoms with E-state index in [1.165, 1.54) is 12.4 Å². The molecule has 0 spiro atoms. The largest absolute Gasteiger partial charge is 0.487 e. The molecule has 0 saturated carbocycles. The predicted octanol–water partition coefficient (Wildman–Crippen LogP) is 5.48. The van der Waals surface area contributed by atoms with E-state index in [0.717, 1.165) is 42.5 Å². The Bertz CT molecular complexity index is 794. The summed E-state index contributed by atoms with van der Waals surface area (Å²) in [4.78, 5) is 15.2. The number of nitrogens with one attached hydrogen (secondary N) is 1. The molecule has 1 N–H and O–H groups in total. The van der Waals surface area contributed by atoms with Crippen LogP contribution in [-0.4, -0.2) is 42.2 Å². The van der Waals surface area contributed by atoms with Gasteiger partial charge in [0.25, 0.3) is 0 Å². The van der Waals surface area contributed by atoms with E-state index in [0.29, 0.717) is 18.6 Å². The van der Waals surface area contributed by atoms with Crippen LogP contribution < -0.4 is 10.2 Å². The van der Waals surface area contributed by atoms with Crippen LogP contribution in [0.4, 0.5) is 13.2 Å². The van der Waals surface area contributed by atoms with Crippen LogP contribution in [0, 0.1) is 0 Å². The molecule has 0 atom stereocenters. The fourth-order valence-corrected chi connectivity index (χ4v) is 3.62. The Morgan fingerprint density at radius 2 is 2.00 bits per heavy atom. The maximum absolute atomic E-state index is 12.6. The van der Waals surface area contributed by atoms with E-state index in [4.69, 9.17) is 16.3 Å². The smallest absolute Gasteiger partial charge is 0.390 e. The molecule has 0 bridgehead atoms. The number of alkyl halides is 3. The zero-order valence-electron chi connectivity index (χ0n) is 17.2. The van der Waals surface area contributed by atoms with Crippen LogP contribution in [0.2, 0.25) is 5.02 Å². The van der Waals surface area contributed by atoms with Crippen LogP contribution in [0.1, 0.15) is 56.3 Å². The molecule has 0 amide bonds. The van der Waals surface area contributed by atoms with Crippen molar-refractivity contribution in [1.29, 1.82) is 0 Å². The van der Waals surface area contributed by atoms with Gasteiger partial charge in [-0.25, -0.2) is 5.43 Å². The molecule has 1 aromatic heterocycles. The number of nitrogens with zero attached hydrogens (tertiary/aromatic N) is 2. The molecule has 2 heterocycles. The van der Waals surface area contributed by atoms with E-state index in [9.17, 15) is 18.0 Å². The highest BCUT2D eigenvalue weighted by Crippen LogP contribution is 2.34. The molecule has 1 aromatic rings. The van der Waals surface area contributed by atoms with Crippen molar-refractivity contribution in [3.05, 3.63) is 45.9 Å². The Morgan fingerprint density at radius 3 is 2.70 bits per heavy atom. The molecule has 0 aromatic carbocycles. The monoisotopic (exact) mass is 445 g/mol. The molecule has 9 heteroatoms. The minimum atomic E-state index is -4.20. The third-order valence-electron chi connectivity index (χ3n) is 4.80. The average Bonchev–Trinajstić information content (AvgIpc) is 3.20. The Balaban J connectivity index is 0.00000155.